The number of ether oxygens (including phenoxy) is 1. The predicted molar refractivity (Wildman–Crippen MR) is 165 cm³/mol. The summed E-state index contributed by atoms with van der Waals surface area (Å²) in [6.07, 6.45) is 3.03. The number of carbonyl (C=O) groups is 1. The number of nitrogens with one attached hydrogen (secondary N) is 2. The van der Waals surface area contributed by atoms with Gasteiger partial charge in [0, 0.05) is 35.7 Å². The summed E-state index contributed by atoms with van der Waals surface area (Å²) in [7, 11) is -3.26. The van der Waals surface area contributed by atoms with Crippen LogP contribution in [0.5, 0.6) is 11.5 Å². The number of benzene rings is 2. The molecule has 3 N–H and O–H groups in total. The summed E-state index contributed by atoms with van der Waals surface area (Å²) in [6, 6.07) is 11.2. The highest BCUT2D eigenvalue weighted by Crippen LogP contribution is 2.41. The molecule has 8 nitrogen and oxygen atoms in total. The van der Waals surface area contributed by atoms with Crippen molar-refractivity contribution in [1.82, 2.24) is 9.62 Å². The third-order valence-electron chi connectivity index (χ3n) is 7.58. The second-order valence-corrected chi connectivity index (χ2v) is 15.1. The number of hydrogen-bond acceptors (Lipinski definition) is 6. The number of sulfonamides is 1. The minimum atomic E-state index is -3.26. The molecule has 3 rings (SSSR count). The minimum absolute atomic E-state index is 0.0619. The lowest BCUT2D eigenvalue weighted by Gasteiger charge is -2.28. The molecule has 9 heteroatoms. The molecule has 0 spiro atoms. The van der Waals surface area contributed by atoms with Crippen molar-refractivity contribution in [3.63, 3.8) is 0 Å². The van der Waals surface area contributed by atoms with Crippen LogP contribution in [-0.4, -0.2) is 62.5 Å². The topological polar surface area (TPSA) is 120 Å². The van der Waals surface area contributed by atoms with Gasteiger partial charge in [-0.1, -0.05) is 67.0 Å². The van der Waals surface area contributed by atoms with E-state index in [9.17, 15) is 18.3 Å². The van der Waals surface area contributed by atoms with Crippen LogP contribution in [-0.2, 0) is 20.9 Å². The second-order valence-electron chi connectivity index (χ2n) is 13.2. The molecule has 1 aliphatic heterocycles. The van der Waals surface area contributed by atoms with Crippen molar-refractivity contribution in [1.29, 1.82) is 5.41 Å². The Bertz CT molecular complexity index is 1320. The molecule has 0 radical (unpaired) electrons. The molecule has 1 heterocycles. The van der Waals surface area contributed by atoms with E-state index in [-0.39, 0.29) is 53.9 Å². The third kappa shape index (κ3) is 8.32. The van der Waals surface area contributed by atoms with E-state index >= 15 is 0 Å². The zero-order valence-corrected chi connectivity index (χ0v) is 26.6. The van der Waals surface area contributed by atoms with Gasteiger partial charge in [-0.25, -0.2) is 13.1 Å². The summed E-state index contributed by atoms with van der Waals surface area (Å²) in [6.45, 7) is 15.5. The van der Waals surface area contributed by atoms with Gasteiger partial charge in [-0.2, -0.15) is 0 Å². The smallest absolute Gasteiger partial charge is 0.208 e. The van der Waals surface area contributed by atoms with Crippen LogP contribution in [0.2, 0.25) is 0 Å². The summed E-state index contributed by atoms with van der Waals surface area (Å²) >= 11 is 0. The minimum Gasteiger partial charge on any atom is -0.507 e. The van der Waals surface area contributed by atoms with Gasteiger partial charge in [0.25, 0.3) is 0 Å². The number of likely N-dealkylation sites (tertiary alicyclic amines) is 1. The van der Waals surface area contributed by atoms with Crippen LogP contribution >= 0.6 is 0 Å². The van der Waals surface area contributed by atoms with E-state index in [1.54, 1.807) is 0 Å². The van der Waals surface area contributed by atoms with E-state index in [0.717, 1.165) is 35.8 Å². The lowest BCUT2D eigenvalue weighted by Crippen LogP contribution is -2.32. The Balaban J connectivity index is 1.80. The molecule has 41 heavy (non-hydrogen) atoms. The molecule has 2 atom stereocenters. The number of phenols is 1. The number of hydrogen-bond donors (Lipinski definition) is 3. The van der Waals surface area contributed by atoms with Crippen molar-refractivity contribution < 1.29 is 23.1 Å². The summed E-state index contributed by atoms with van der Waals surface area (Å²) in [5.41, 5.74) is 2.39. The molecule has 1 saturated heterocycles. The molecule has 226 valence electrons. The monoisotopic (exact) mass is 585 g/mol. The highest BCUT2D eigenvalue weighted by molar-refractivity contribution is 7.88. The molecule has 0 unspecified atom stereocenters. The largest absolute Gasteiger partial charge is 0.507 e. The molecular weight excluding hydrogens is 538 g/mol. The Hall–Kier alpha value is -2.91. The van der Waals surface area contributed by atoms with E-state index < -0.39 is 10.0 Å². The van der Waals surface area contributed by atoms with Crippen molar-refractivity contribution in [2.75, 3.05) is 32.5 Å². The zero-order chi connectivity index (χ0) is 30.8. The number of carbonyl (C=O) groups excluding carboxylic acids is 1. The van der Waals surface area contributed by atoms with Gasteiger partial charge in [-0.3, -0.25) is 10.2 Å². The number of rotatable bonds is 11. The first-order valence-electron chi connectivity index (χ1n) is 14.3. The van der Waals surface area contributed by atoms with Gasteiger partial charge in [0.05, 0.1) is 12.8 Å². The van der Waals surface area contributed by atoms with Gasteiger partial charge in [0.15, 0.2) is 5.78 Å². The SMILES string of the molecule is CCC[C@@H]1CN(CC(=O)c2cc(C(C)(C)C)c(O)c(C(C)(C)C)c2)C(=N)[C@@H]1c1ccc(OCCNS(C)(=O)=O)cc1. The van der Waals surface area contributed by atoms with Gasteiger partial charge in [-0.15, -0.1) is 0 Å². The third-order valence-corrected chi connectivity index (χ3v) is 8.31. The number of aromatic hydroxyl groups is 1. The van der Waals surface area contributed by atoms with E-state index in [1.807, 2.05) is 82.8 Å². The number of amidine groups is 1. The number of phenolic OH excluding ortho intramolecular Hbond substituents is 1. The Morgan fingerprint density at radius 3 is 2.12 bits per heavy atom. The first-order valence-corrected chi connectivity index (χ1v) is 16.2. The number of ketones is 1. The van der Waals surface area contributed by atoms with Crippen LogP contribution in [0.15, 0.2) is 36.4 Å². The number of nitrogens with zero attached hydrogens (tertiary/aromatic N) is 1. The summed E-state index contributed by atoms with van der Waals surface area (Å²) in [5.74, 6) is 1.34. The van der Waals surface area contributed by atoms with Crippen molar-refractivity contribution in [2.45, 2.75) is 78.1 Å². The number of Topliss-reactive ketones (excluding diaryl/α,β-unsaturated/α-hetero) is 1. The molecule has 1 aliphatic rings. The highest BCUT2D eigenvalue weighted by atomic mass is 32.2. The normalized spacial score (nSPS) is 18.1. The average Bonchev–Trinajstić information content (AvgIpc) is 3.14. The van der Waals surface area contributed by atoms with Crippen LogP contribution in [0.25, 0.3) is 0 Å². The molecule has 2 aromatic carbocycles. The molecule has 0 saturated carbocycles. The van der Waals surface area contributed by atoms with Crippen LogP contribution in [0, 0.1) is 11.3 Å². The maximum atomic E-state index is 13.7. The average molecular weight is 586 g/mol. The van der Waals surface area contributed by atoms with Crippen LogP contribution in [0.3, 0.4) is 0 Å². The van der Waals surface area contributed by atoms with Crippen molar-refractivity contribution in [2.24, 2.45) is 5.92 Å². The van der Waals surface area contributed by atoms with Crippen molar-refractivity contribution in [3.05, 3.63) is 58.7 Å². The first kappa shape index (κ1) is 32.6. The Morgan fingerprint density at radius 2 is 1.63 bits per heavy atom. The summed E-state index contributed by atoms with van der Waals surface area (Å²) in [5, 5.41) is 20.1. The van der Waals surface area contributed by atoms with E-state index in [4.69, 9.17) is 10.1 Å². The van der Waals surface area contributed by atoms with Gasteiger partial charge in [-0.05, 0) is 53.0 Å². The Labute approximate surface area is 246 Å². The predicted octanol–water partition coefficient (Wildman–Crippen LogP) is 5.59. The van der Waals surface area contributed by atoms with Gasteiger partial charge in [0.2, 0.25) is 10.0 Å². The fourth-order valence-corrected chi connectivity index (χ4v) is 5.94. The van der Waals surface area contributed by atoms with Crippen LogP contribution in [0.1, 0.15) is 94.3 Å². The van der Waals surface area contributed by atoms with Gasteiger partial charge < -0.3 is 14.7 Å². The first-order chi connectivity index (χ1) is 18.9. The van der Waals surface area contributed by atoms with Crippen LogP contribution < -0.4 is 9.46 Å². The van der Waals surface area contributed by atoms with E-state index in [1.165, 1.54) is 0 Å². The van der Waals surface area contributed by atoms with Crippen molar-refractivity contribution >= 4 is 21.6 Å². The molecule has 0 amide bonds. The fourth-order valence-electron chi connectivity index (χ4n) is 5.49. The summed E-state index contributed by atoms with van der Waals surface area (Å²) < 4.78 is 30.5. The molecule has 2 aromatic rings. The second kappa shape index (κ2) is 12.5. The zero-order valence-electron chi connectivity index (χ0n) is 25.8. The molecule has 1 fully saturated rings. The fraction of sp³-hybridized carbons (Fsp3) is 0.562. The lowest BCUT2D eigenvalue weighted by atomic mass is 9.78. The molecule has 0 aromatic heterocycles. The summed E-state index contributed by atoms with van der Waals surface area (Å²) in [4.78, 5) is 15.6. The van der Waals surface area contributed by atoms with E-state index in [0.29, 0.717) is 23.7 Å². The molecular formula is C32H47N3O5S. The van der Waals surface area contributed by atoms with Gasteiger partial charge >= 0.3 is 0 Å². The Morgan fingerprint density at radius 1 is 1.07 bits per heavy atom. The Kier molecular flexibility index (Phi) is 9.96. The van der Waals surface area contributed by atoms with E-state index in [2.05, 4.69) is 11.6 Å². The maximum Gasteiger partial charge on any atom is 0.208 e. The highest BCUT2D eigenvalue weighted by Gasteiger charge is 2.39. The molecule has 0 aliphatic carbocycles. The van der Waals surface area contributed by atoms with Crippen LogP contribution in [0.4, 0.5) is 0 Å². The molecule has 0 bridgehead atoms. The maximum absolute atomic E-state index is 13.7. The quantitative estimate of drug-likeness (QED) is 0.234. The lowest BCUT2D eigenvalue weighted by molar-refractivity contribution is 0.0963. The standard InChI is InChI=1S/C32H47N3O5S/c1-9-10-22-19-35(20-27(36)23-17-25(31(2,3)4)29(37)26(18-23)32(5,6)7)30(33)28(22)21-11-13-24(14-12-21)40-16-15-34-41(8,38)39/h11-14,17-18,22,28,33-34,37H,9-10,15-16,19-20H2,1-8H3/t22-,28-/m1/s1. The van der Waals surface area contributed by atoms with Gasteiger partial charge in [0.1, 0.15) is 23.9 Å². The van der Waals surface area contributed by atoms with Crippen molar-refractivity contribution in [3.8, 4) is 11.5 Å².